The summed E-state index contributed by atoms with van der Waals surface area (Å²) >= 11 is 3.46. The van der Waals surface area contributed by atoms with E-state index in [1.54, 1.807) is 0 Å². The molecular weight excluding hydrogens is 312 g/mol. The highest BCUT2D eigenvalue weighted by Crippen LogP contribution is 2.12. The number of hydrogen-bond acceptors (Lipinski definition) is 2. The Bertz CT molecular complexity index is 535. The largest absolute Gasteiger partial charge is 0.309 e. The van der Waals surface area contributed by atoms with Gasteiger partial charge in [-0.15, -0.1) is 0 Å². The Kier molecular flexibility index (Phi) is 5.77. The lowest BCUT2D eigenvalue weighted by molar-refractivity contribution is 0.400. The van der Waals surface area contributed by atoms with Gasteiger partial charge < -0.3 is 10.2 Å². The van der Waals surface area contributed by atoms with Crippen LogP contribution in [0.1, 0.15) is 16.7 Å². The molecule has 2 rings (SSSR count). The second-order valence-corrected chi connectivity index (χ2v) is 6.15. The summed E-state index contributed by atoms with van der Waals surface area (Å²) in [6.07, 6.45) is 0. The molecule has 20 heavy (non-hydrogen) atoms. The fraction of sp³-hybridized carbons (Fsp3) is 0.294. The number of nitrogens with zero attached hydrogens (tertiary/aromatic N) is 1. The first-order valence-corrected chi connectivity index (χ1v) is 7.61. The zero-order valence-corrected chi connectivity index (χ0v) is 13.7. The molecule has 106 valence electrons. The van der Waals surface area contributed by atoms with Crippen LogP contribution in [0.2, 0.25) is 0 Å². The molecule has 2 aromatic carbocycles. The molecule has 0 atom stereocenters. The van der Waals surface area contributed by atoms with E-state index in [1.807, 2.05) is 0 Å². The molecule has 2 nitrogen and oxygen atoms in total. The van der Waals surface area contributed by atoms with E-state index < -0.39 is 0 Å². The number of nitrogens with one attached hydrogen (secondary N) is 1. The summed E-state index contributed by atoms with van der Waals surface area (Å²) in [6, 6.07) is 17.1. The van der Waals surface area contributed by atoms with Gasteiger partial charge in [-0.3, -0.25) is 0 Å². The Labute approximate surface area is 129 Å². The molecule has 0 aliphatic heterocycles. The lowest BCUT2D eigenvalue weighted by Gasteiger charge is -2.14. The third kappa shape index (κ3) is 4.75. The van der Waals surface area contributed by atoms with E-state index in [1.165, 1.54) is 16.7 Å². The fourth-order valence-electron chi connectivity index (χ4n) is 2.17. The maximum absolute atomic E-state index is 3.52. The van der Waals surface area contributed by atoms with Crippen molar-refractivity contribution in [2.24, 2.45) is 0 Å². The van der Waals surface area contributed by atoms with Crippen LogP contribution in [-0.2, 0) is 19.6 Å². The highest BCUT2D eigenvalue weighted by Gasteiger charge is 2.02. The third-order valence-corrected chi connectivity index (χ3v) is 3.69. The van der Waals surface area contributed by atoms with Gasteiger partial charge in [0, 0.05) is 24.1 Å². The Hall–Kier alpha value is -1.16. The van der Waals surface area contributed by atoms with E-state index in [4.69, 9.17) is 0 Å². The van der Waals surface area contributed by atoms with E-state index in [2.05, 4.69) is 88.8 Å². The van der Waals surface area contributed by atoms with Gasteiger partial charge in [-0.2, -0.15) is 0 Å². The van der Waals surface area contributed by atoms with Gasteiger partial charge in [0.1, 0.15) is 0 Å². The molecule has 0 unspecified atom stereocenters. The van der Waals surface area contributed by atoms with Gasteiger partial charge >= 0.3 is 0 Å². The quantitative estimate of drug-likeness (QED) is 0.865. The van der Waals surface area contributed by atoms with E-state index >= 15 is 0 Å². The molecule has 0 amide bonds. The molecule has 1 N–H and O–H groups in total. The SMILES string of the molecule is CN(C)Cc1ccccc1CNCc1ccc(Br)cc1. The lowest BCUT2D eigenvalue weighted by Crippen LogP contribution is -2.17. The third-order valence-electron chi connectivity index (χ3n) is 3.16. The Morgan fingerprint density at radius 2 is 1.55 bits per heavy atom. The second kappa shape index (κ2) is 7.58. The van der Waals surface area contributed by atoms with Gasteiger partial charge in [0.05, 0.1) is 0 Å². The summed E-state index contributed by atoms with van der Waals surface area (Å²) in [7, 11) is 4.21. The van der Waals surface area contributed by atoms with E-state index in [9.17, 15) is 0 Å². The van der Waals surface area contributed by atoms with Crippen LogP contribution in [0, 0.1) is 0 Å². The average Bonchev–Trinajstić information content (AvgIpc) is 2.42. The standard InChI is InChI=1S/C17H21BrN2/c1-20(2)13-16-6-4-3-5-15(16)12-19-11-14-7-9-17(18)10-8-14/h3-10,19H,11-13H2,1-2H3. The van der Waals surface area contributed by atoms with Gasteiger partial charge in [-0.05, 0) is 42.9 Å². The molecule has 0 aliphatic carbocycles. The summed E-state index contributed by atoms with van der Waals surface area (Å²) in [5.41, 5.74) is 4.07. The number of halogens is 1. The van der Waals surface area contributed by atoms with Crippen LogP contribution >= 0.6 is 15.9 Å². The van der Waals surface area contributed by atoms with Crippen molar-refractivity contribution in [2.75, 3.05) is 14.1 Å². The van der Waals surface area contributed by atoms with Crippen molar-refractivity contribution in [3.63, 3.8) is 0 Å². The summed E-state index contributed by atoms with van der Waals surface area (Å²) < 4.78 is 1.12. The molecule has 0 saturated heterocycles. The van der Waals surface area contributed by atoms with Gasteiger partial charge in [-0.1, -0.05) is 52.3 Å². The number of hydrogen-bond donors (Lipinski definition) is 1. The molecule has 3 heteroatoms. The molecular formula is C17H21BrN2. The predicted molar refractivity (Wildman–Crippen MR) is 88.5 cm³/mol. The molecule has 0 radical (unpaired) electrons. The molecule has 2 aromatic rings. The minimum atomic E-state index is 0.892. The highest BCUT2D eigenvalue weighted by molar-refractivity contribution is 9.10. The first-order chi connectivity index (χ1) is 9.65. The summed E-state index contributed by atoms with van der Waals surface area (Å²) in [6.45, 7) is 2.78. The van der Waals surface area contributed by atoms with E-state index in [0.717, 1.165) is 24.1 Å². The summed E-state index contributed by atoms with van der Waals surface area (Å²) in [4.78, 5) is 2.20. The average molecular weight is 333 g/mol. The normalized spacial score (nSPS) is 11.0. The van der Waals surface area contributed by atoms with Crippen molar-refractivity contribution >= 4 is 15.9 Å². The van der Waals surface area contributed by atoms with Crippen molar-refractivity contribution in [1.29, 1.82) is 0 Å². The second-order valence-electron chi connectivity index (χ2n) is 5.24. The minimum absolute atomic E-state index is 0.892. The van der Waals surface area contributed by atoms with Crippen LogP contribution in [0.15, 0.2) is 53.0 Å². The zero-order valence-electron chi connectivity index (χ0n) is 12.1. The molecule has 0 aromatic heterocycles. The molecule has 0 spiro atoms. The van der Waals surface area contributed by atoms with Crippen LogP contribution < -0.4 is 5.32 Å². The van der Waals surface area contributed by atoms with Crippen LogP contribution in [0.25, 0.3) is 0 Å². The van der Waals surface area contributed by atoms with Crippen molar-refractivity contribution in [3.8, 4) is 0 Å². The Morgan fingerprint density at radius 3 is 2.20 bits per heavy atom. The van der Waals surface area contributed by atoms with Gasteiger partial charge in [0.2, 0.25) is 0 Å². The molecule has 0 heterocycles. The van der Waals surface area contributed by atoms with Crippen molar-refractivity contribution in [1.82, 2.24) is 10.2 Å². The van der Waals surface area contributed by atoms with Gasteiger partial charge in [-0.25, -0.2) is 0 Å². The maximum atomic E-state index is 3.52. The fourth-order valence-corrected chi connectivity index (χ4v) is 2.43. The van der Waals surface area contributed by atoms with E-state index in [-0.39, 0.29) is 0 Å². The Morgan fingerprint density at radius 1 is 0.900 bits per heavy atom. The summed E-state index contributed by atoms with van der Waals surface area (Å²) in [5, 5.41) is 3.52. The Balaban J connectivity index is 1.92. The van der Waals surface area contributed by atoms with Gasteiger partial charge in [0.15, 0.2) is 0 Å². The first kappa shape index (κ1) is 15.2. The van der Waals surface area contributed by atoms with Crippen molar-refractivity contribution in [2.45, 2.75) is 19.6 Å². The molecule has 0 saturated carbocycles. The monoisotopic (exact) mass is 332 g/mol. The highest BCUT2D eigenvalue weighted by atomic mass is 79.9. The summed E-state index contributed by atoms with van der Waals surface area (Å²) in [5.74, 6) is 0. The van der Waals surface area contributed by atoms with Crippen LogP contribution in [0.5, 0.6) is 0 Å². The van der Waals surface area contributed by atoms with E-state index in [0.29, 0.717) is 0 Å². The zero-order chi connectivity index (χ0) is 14.4. The maximum Gasteiger partial charge on any atom is 0.0230 e. The smallest absolute Gasteiger partial charge is 0.0230 e. The molecule has 0 fully saturated rings. The van der Waals surface area contributed by atoms with Crippen LogP contribution in [0.4, 0.5) is 0 Å². The topological polar surface area (TPSA) is 15.3 Å². The number of rotatable bonds is 6. The number of benzene rings is 2. The minimum Gasteiger partial charge on any atom is -0.309 e. The molecule has 0 bridgehead atoms. The van der Waals surface area contributed by atoms with Crippen molar-refractivity contribution in [3.05, 3.63) is 69.7 Å². The van der Waals surface area contributed by atoms with Crippen molar-refractivity contribution < 1.29 is 0 Å². The lowest BCUT2D eigenvalue weighted by atomic mass is 10.1. The van der Waals surface area contributed by atoms with Crippen LogP contribution in [0.3, 0.4) is 0 Å². The van der Waals surface area contributed by atoms with Crippen LogP contribution in [-0.4, -0.2) is 19.0 Å². The van der Waals surface area contributed by atoms with Gasteiger partial charge in [0.25, 0.3) is 0 Å². The first-order valence-electron chi connectivity index (χ1n) is 6.82. The predicted octanol–water partition coefficient (Wildman–Crippen LogP) is 3.80. The molecule has 0 aliphatic rings.